The van der Waals surface area contributed by atoms with Crippen molar-refractivity contribution in [1.29, 1.82) is 0 Å². The summed E-state index contributed by atoms with van der Waals surface area (Å²) in [5.41, 5.74) is 0.982. The van der Waals surface area contributed by atoms with Crippen molar-refractivity contribution in [3.63, 3.8) is 0 Å². The smallest absolute Gasteiger partial charge is 0.0960 e. The average Bonchev–Trinajstić information content (AvgIpc) is 2.46. The number of aliphatic hydroxyl groups excluding tert-OH is 1. The molecule has 0 bridgehead atoms. The Morgan fingerprint density at radius 1 is 1.46 bits per heavy atom. The van der Waals surface area contributed by atoms with Gasteiger partial charge in [0.15, 0.2) is 0 Å². The number of aromatic nitrogens is 1. The van der Waals surface area contributed by atoms with E-state index in [-0.39, 0.29) is 6.10 Å². The van der Waals surface area contributed by atoms with Gasteiger partial charge in [-0.1, -0.05) is 13.8 Å². The molecule has 0 spiro atoms. The predicted molar refractivity (Wildman–Crippen MR) is 56.2 cm³/mol. The number of hydrogen-bond donors (Lipinski definition) is 1. The summed E-state index contributed by atoms with van der Waals surface area (Å²) in [5.74, 6) is 0.510. The molecule has 74 valence electrons. The Hall–Kier alpha value is -0.410. The van der Waals surface area contributed by atoms with Gasteiger partial charge >= 0.3 is 0 Å². The molecule has 0 amide bonds. The minimum Gasteiger partial charge on any atom is -0.388 e. The number of aryl methyl sites for hydroxylation is 1. The number of hydrogen-bond acceptors (Lipinski definition) is 3. The molecule has 2 unspecified atom stereocenters. The Balaban J connectivity index is 2.95. The molecule has 1 aromatic rings. The molecule has 0 fully saturated rings. The zero-order chi connectivity index (χ0) is 10.0. The highest BCUT2D eigenvalue weighted by Crippen LogP contribution is 2.30. The molecule has 0 saturated carbocycles. The second-order valence-corrected chi connectivity index (χ2v) is 4.55. The second-order valence-electron chi connectivity index (χ2n) is 3.49. The van der Waals surface area contributed by atoms with E-state index in [1.54, 1.807) is 18.3 Å². The molecule has 0 radical (unpaired) electrons. The van der Waals surface area contributed by atoms with Gasteiger partial charge in [-0.15, -0.1) is 11.3 Å². The lowest BCUT2D eigenvalue weighted by Gasteiger charge is -2.02. The molecule has 1 N–H and O–H groups in total. The second kappa shape index (κ2) is 4.20. The van der Waals surface area contributed by atoms with Crippen molar-refractivity contribution in [1.82, 2.24) is 4.98 Å². The Labute approximate surface area is 83.6 Å². The van der Waals surface area contributed by atoms with Gasteiger partial charge < -0.3 is 5.11 Å². The van der Waals surface area contributed by atoms with Crippen LogP contribution in [0.4, 0.5) is 0 Å². The third-order valence-corrected chi connectivity index (χ3v) is 3.82. The molecule has 2 nitrogen and oxygen atoms in total. The Kier molecular flexibility index (Phi) is 3.45. The lowest BCUT2D eigenvalue weighted by atomic mass is 10.1. The first-order valence-electron chi connectivity index (χ1n) is 4.71. The summed E-state index contributed by atoms with van der Waals surface area (Å²) >= 11 is 1.64. The molecular weight excluding hydrogens is 182 g/mol. The highest BCUT2D eigenvalue weighted by Gasteiger charge is 2.14. The summed E-state index contributed by atoms with van der Waals surface area (Å²) in [5, 5.41) is 10.6. The van der Waals surface area contributed by atoms with Crippen LogP contribution in [-0.2, 0) is 0 Å². The van der Waals surface area contributed by atoms with Gasteiger partial charge in [-0.3, -0.25) is 0 Å². The maximum Gasteiger partial charge on any atom is 0.0960 e. The van der Waals surface area contributed by atoms with Crippen molar-refractivity contribution in [2.24, 2.45) is 0 Å². The average molecular weight is 199 g/mol. The fourth-order valence-electron chi connectivity index (χ4n) is 1.20. The van der Waals surface area contributed by atoms with E-state index in [9.17, 15) is 5.11 Å². The summed E-state index contributed by atoms with van der Waals surface area (Å²) in [6.45, 7) is 8.08. The molecular formula is C10H17NOS. The van der Waals surface area contributed by atoms with Gasteiger partial charge in [0, 0.05) is 5.92 Å². The van der Waals surface area contributed by atoms with Crippen molar-refractivity contribution in [3.05, 3.63) is 15.6 Å². The first-order chi connectivity index (χ1) is 6.06. The van der Waals surface area contributed by atoms with Crippen molar-refractivity contribution in [2.45, 2.75) is 46.1 Å². The van der Waals surface area contributed by atoms with Crippen molar-refractivity contribution >= 4 is 11.3 Å². The molecule has 1 aromatic heterocycles. The minimum absolute atomic E-state index is 0.379. The van der Waals surface area contributed by atoms with Crippen molar-refractivity contribution < 1.29 is 5.11 Å². The zero-order valence-corrected chi connectivity index (χ0v) is 9.48. The van der Waals surface area contributed by atoms with E-state index >= 15 is 0 Å². The van der Waals surface area contributed by atoms with Crippen LogP contribution in [0.25, 0.3) is 0 Å². The van der Waals surface area contributed by atoms with Gasteiger partial charge in [0.1, 0.15) is 0 Å². The number of thiazole rings is 1. The maximum absolute atomic E-state index is 9.44. The quantitative estimate of drug-likeness (QED) is 0.811. The van der Waals surface area contributed by atoms with Crippen LogP contribution < -0.4 is 0 Å². The third-order valence-electron chi connectivity index (χ3n) is 2.26. The summed E-state index contributed by atoms with van der Waals surface area (Å²) in [6.07, 6.45) is 0.724. The molecule has 3 heteroatoms. The molecule has 2 atom stereocenters. The van der Waals surface area contributed by atoms with Crippen LogP contribution in [0.15, 0.2) is 0 Å². The topological polar surface area (TPSA) is 33.1 Å². The minimum atomic E-state index is -0.379. The maximum atomic E-state index is 9.44. The van der Waals surface area contributed by atoms with E-state index in [2.05, 4.69) is 18.8 Å². The van der Waals surface area contributed by atoms with Gasteiger partial charge in [-0.05, 0) is 20.3 Å². The van der Waals surface area contributed by atoms with Gasteiger partial charge in [-0.2, -0.15) is 0 Å². The normalized spacial score (nSPS) is 15.8. The highest BCUT2D eigenvalue weighted by molar-refractivity contribution is 7.11. The number of rotatable bonds is 3. The lowest BCUT2D eigenvalue weighted by Crippen LogP contribution is -1.89. The van der Waals surface area contributed by atoms with Crippen molar-refractivity contribution in [2.75, 3.05) is 0 Å². The van der Waals surface area contributed by atoms with Crippen LogP contribution in [0.5, 0.6) is 0 Å². The summed E-state index contributed by atoms with van der Waals surface area (Å²) in [6, 6.07) is 0. The lowest BCUT2D eigenvalue weighted by molar-refractivity contribution is 0.202. The molecule has 0 saturated heterocycles. The summed E-state index contributed by atoms with van der Waals surface area (Å²) in [4.78, 5) is 5.47. The third kappa shape index (κ3) is 2.29. The van der Waals surface area contributed by atoms with Gasteiger partial charge in [0.2, 0.25) is 0 Å². The van der Waals surface area contributed by atoms with Crippen LogP contribution in [0, 0.1) is 6.92 Å². The van der Waals surface area contributed by atoms with Gasteiger partial charge in [0.25, 0.3) is 0 Å². The number of aliphatic hydroxyl groups is 1. The summed E-state index contributed by atoms with van der Waals surface area (Å²) in [7, 11) is 0. The van der Waals surface area contributed by atoms with E-state index in [1.165, 1.54) is 0 Å². The first-order valence-corrected chi connectivity index (χ1v) is 5.53. The van der Waals surface area contributed by atoms with E-state index in [0.717, 1.165) is 22.0 Å². The fourth-order valence-corrected chi connectivity index (χ4v) is 2.34. The van der Waals surface area contributed by atoms with E-state index in [4.69, 9.17) is 0 Å². The molecule has 0 aromatic carbocycles. The van der Waals surface area contributed by atoms with E-state index < -0.39 is 0 Å². The van der Waals surface area contributed by atoms with E-state index in [0.29, 0.717) is 5.92 Å². The van der Waals surface area contributed by atoms with Crippen LogP contribution in [0.1, 0.15) is 54.8 Å². The predicted octanol–water partition coefficient (Wildman–Crippen LogP) is 3.02. The molecule has 0 aliphatic heterocycles. The first kappa shape index (κ1) is 10.7. The van der Waals surface area contributed by atoms with Crippen LogP contribution in [-0.4, -0.2) is 10.1 Å². The van der Waals surface area contributed by atoms with Crippen LogP contribution >= 0.6 is 11.3 Å². The monoisotopic (exact) mass is 199 g/mol. The molecule has 1 rings (SSSR count). The van der Waals surface area contributed by atoms with Gasteiger partial charge in [-0.25, -0.2) is 4.98 Å². The highest BCUT2D eigenvalue weighted by atomic mass is 32.1. The van der Waals surface area contributed by atoms with Crippen molar-refractivity contribution in [3.8, 4) is 0 Å². The number of nitrogens with zero attached hydrogens (tertiary/aromatic N) is 1. The SMILES string of the molecule is CCC(C)c1nc(C)c(C(C)O)s1. The molecule has 0 aliphatic carbocycles. The van der Waals surface area contributed by atoms with Crippen LogP contribution in [0.2, 0.25) is 0 Å². The standard InChI is InChI=1S/C10H17NOS/c1-5-6(2)10-11-7(3)9(13-10)8(4)12/h6,8,12H,5H2,1-4H3. The van der Waals surface area contributed by atoms with Crippen LogP contribution in [0.3, 0.4) is 0 Å². The molecule has 1 heterocycles. The fraction of sp³-hybridized carbons (Fsp3) is 0.700. The Morgan fingerprint density at radius 2 is 2.08 bits per heavy atom. The molecule has 0 aliphatic rings. The summed E-state index contributed by atoms with van der Waals surface area (Å²) < 4.78 is 0. The Bertz CT molecular complexity index is 280. The largest absolute Gasteiger partial charge is 0.388 e. The van der Waals surface area contributed by atoms with E-state index in [1.807, 2.05) is 6.92 Å². The Morgan fingerprint density at radius 3 is 2.46 bits per heavy atom. The van der Waals surface area contributed by atoms with Gasteiger partial charge in [0.05, 0.1) is 21.7 Å². The zero-order valence-electron chi connectivity index (χ0n) is 8.66. The molecule has 13 heavy (non-hydrogen) atoms.